The van der Waals surface area contributed by atoms with Gasteiger partial charge in [-0.1, -0.05) is 98.1 Å². The minimum atomic E-state index is -1.82. The van der Waals surface area contributed by atoms with E-state index in [9.17, 15) is 14.4 Å². The van der Waals surface area contributed by atoms with Crippen molar-refractivity contribution in [1.82, 2.24) is 15.5 Å². The standard InChI is InChI=1S/C32H35N5O3/c33-32-30(40)37(24-16-8-3-9-17-24)27(28(38)34-20-22-12-4-1-5-13-22)31(32,25-18-10-11-19-26(25)36-32)29(39)35-21-23-14-6-2-7-15-23/h1-2,4-7,10-15,18-19,24,27,36H,3,8-9,16-17,20-21,33H2,(H,34,38)(H,35,39). The van der Waals surface area contributed by atoms with Gasteiger partial charge < -0.3 is 20.9 Å². The molecular formula is C32H35N5O3. The maximum absolute atomic E-state index is 14.6. The predicted molar refractivity (Wildman–Crippen MR) is 153 cm³/mol. The molecule has 0 bridgehead atoms. The van der Waals surface area contributed by atoms with Crippen LogP contribution >= 0.6 is 0 Å². The third kappa shape index (κ3) is 4.05. The molecule has 6 rings (SSSR count). The van der Waals surface area contributed by atoms with Gasteiger partial charge in [-0.3, -0.25) is 20.1 Å². The normalized spacial score (nSPS) is 25.6. The van der Waals surface area contributed by atoms with Gasteiger partial charge in [0.15, 0.2) is 11.1 Å². The number of benzene rings is 3. The second-order valence-electron chi connectivity index (χ2n) is 11.1. The lowest BCUT2D eigenvalue weighted by Crippen LogP contribution is -2.69. The van der Waals surface area contributed by atoms with Gasteiger partial charge in [-0.2, -0.15) is 0 Å². The summed E-state index contributed by atoms with van der Waals surface area (Å²) in [5, 5.41) is 9.32. The van der Waals surface area contributed by atoms with Gasteiger partial charge in [0.1, 0.15) is 6.04 Å². The molecule has 3 unspecified atom stereocenters. The summed E-state index contributed by atoms with van der Waals surface area (Å²) in [5.74, 6) is -1.24. The molecule has 0 aromatic heterocycles. The van der Waals surface area contributed by atoms with Crippen molar-refractivity contribution < 1.29 is 14.4 Å². The number of fused-ring (bicyclic) bond motifs is 3. The molecule has 8 heteroatoms. The van der Waals surface area contributed by atoms with Crippen LogP contribution in [-0.2, 0) is 32.9 Å². The topological polar surface area (TPSA) is 117 Å². The van der Waals surface area contributed by atoms with Crippen LogP contribution in [0.15, 0.2) is 84.9 Å². The lowest BCUT2D eigenvalue weighted by Gasteiger charge is -2.40. The highest BCUT2D eigenvalue weighted by molar-refractivity contribution is 6.14. The third-order valence-electron chi connectivity index (χ3n) is 8.75. The fraction of sp³-hybridized carbons (Fsp3) is 0.344. The van der Waals surface area contributed by atoms with Crippen molar-refractivity contribution in [2.75, 3.05) is 5.32 Å². The summed E-state index contributed by atoms with van der Waals surface area (Å²) in [4.78, 5) is 45.0. The van der Waals surface area contributed by atoms with Gasteiger partial charge in [-0.05, 0) is 35.6 Å². The van der Waals surface area contributed by atoms with E-state index in [0.717, 1.165) is 43.2 Å². The number of nitrogens with zero attached hydrogens (tertiary/aromatic N) is 1. The molecule has 1 saturated heterocycles. The molecule has 0 spiro atoms. The average molecular weight is 538 g/mol. The van der Waals surface area contributed by atoms with Crippen molar-refractivity contribution in [2.45, 2.75) is 68.4 Å². The summed E-state index contributed by atoms with van der Waals surface area (Å²) in [6, 6.07) is 25.2. The second kappa shape index (κ2) is 10.4. The molecule has 206 valence electrons. The van der Waals surface area contributed by atoms with Gasteiger partial charge in [-0.25, -0.2) is 0 Å². The molecule has 2 heterocycles. The number of rotatable bonds is 7. The molecule has 1 aliphatic carbocycles. The van der Waals surface area contributed by atoms with E-state index in [2.05, 4.69) is 16.0 Å². The molecule has 3 amide bonds. The van der Waals surface area contributed by atoms with Gasteiger partial charge in [0, 0.05) is 24.8 Å². The van der Waals surface area contributed by atoms with E-state index in [4.69, 9.17) is 5.73 Å². The molecule has 1 saturated carbocycles. The Kier molecular flexibility index (Phi) is 6.80. The zero-order chi connectivity index (χ0) is 27.7. The molecule has 0 radical (unpaired) electrons. The van der Waals surface area contributed by atoms with Crippen molar-refractivity contribution in [1.29, 1.82) is 0 Å². The van der Waals surface area contributed by atoms with E-state index in [1.807, 2.05) is 84.9 Å². The Bertz CT molecular complexity index is 1410. The smallest absolute Gasteiger partial charge is 0.265 e. The highest BCUT2D eigenvalue weighted by Gasteiger charge is 2.77. The number of nitrogens with two attached hydrogens (primary N) is 1. The first-order chi connectivity index (χ1) is 19.5. The Labute approximate surface area is 234 Å². The zero-order valence-electron chi connectivity index (χ0n) is 22.4. The predicted octanol–water partition coefficient (Wildman–Crippen LogP) is 3.18. The van der Waals surface area contributed by atoms with Crippen molar-refractivity contribution in [2.24, 2.45) is 5.73 Å². The summed E-state index contributed by atoms with van der Waals surface area (Å²) in [6.07, 6.45) is 4.55. The second-order valence-corrected chi connectivity index (χ2v) is 11.1. The fourth-order valence-corrected chi connectivity index (χ4v) is 6.86. The van der Waals surface area contributed by atoms with E-state index in [1.165, 1.54) is 0 Å². The number of likely N-dealkylation sites (tertiary alicyclic amines) is 1. The Morgan fingerprint density at radius 2 is 1.40 bits per heavy atom. The number of amides is 3. The largest absolute Gasteiger partial charge is 0.358 e. The zero-order valence-corrected chi connectivity index (χ0v) is 22.4. The van der Waals surface area contributed by atoms with Gasteiger partial charge in [0.2, 0.25) is 11.8 Å². The summed E-state index contributed by atoms with van der Waals surface area (Å²) in [7, 11) is 0. The maximum Gasteiger partial charge on any atom is 0.265 e. The number of hydrogen-bond donors (Lipinski definition) is 4. The fourth-order valence-electron chi connectivity index (χ4n) is 6.86. The van der Waals surface area contributed by atoms with Gasteiger partial charge >= 0.3 is 0 Å². The number of carbonyl (C=O) groups excluding carboxylic acids is 3. The van der Waals surface area contributed by atoms with Crippen molar-refractivity contribution >= 4 is 23.4 Å². The van der Waals surface area contributed by atoms with E-state index < -0.39 is 28.9 Å². The molecule has 3 atom stereocenters. The minimum Gasteiger partial charge on any atom is -0.358 e. The molecule has 3 aliphatic rings. The summed E-state index contributed by atoms with van der Waals surface area (Å²) in [6.45, 7) is 0.521. The molecule has 2 aliphatic heterocycles. The number of hydrogen-bond acceptors (Lipinski definition) is 5. The first-order valence-electron chi connectivity index (χ1n) is 14.1. The average Bonchev–Trinajstić information content (AvgIpc) is 3.38. The Hall–Kier alpha value is -4.17. The Morgan fingerprint density at radius 3 is 2.05 bits per heavy atom. The van der Waals surface area contributed by atoms with Crippen LogP contribution in [0.25, 0.3) is 0 Å². The lowest BCUT2D eigenvalue weighted by atomic mass is 9.68. The van der Waals surface area contributed by atoms with Gasteiger partial charge in [0.05, 0.1) is 0 Å². The van der Waals surface area contributed by atoms with Crippen LogP contribution < -0.4 is 21.7 Å². The van der Waals surface area contributed by atoms with Crippen LogP contribution in [-0.4, -0.2) is 40.4 Å². The molecule has 8 nitrogen and oxygen atoms in total. The van der Waals surface area contributed by atoms with Crippen molar-refractivity contribution in [3.63, 3.8) is 0 Å². The lowest BCUT2D eigenvalue weighted by molar-refractivity contribution is -0.141. The highest BCUT2D eigenvalue weighted by Crippen LogP contribution is 2.55. The first-order valence-corrected chi connectivity index (χ1v) is 14.1. The van der Waals surface area contributed by atoms with Crippen LogP contribution in [0.2, 0.25) is 0 Å². The van der Waals surface area contributed by atoms with Gasteiger partial charge in [0.25, 0.3) is 5.91 Å². The summed E-state index contributed by atoms with van der Waals surface area (Å²) >= 11 is 0. The van der Waals surface area contributed by atoms with Crippen LogP contribution in [0.4, 0.5) is 5.69 Å². The molecule has 2 fully saturated rings. The number of nitrogens with one attached hydrogen (secondary N) is 3. The summed E-state index contributed by atoms with van der Waals surface area (Å²) in [5.41, 5.74) is 6.56. The SMILES string of the molecule is NC12Nc3ccccc3C1(C(=O)NCc1ccccc1)C(C(=O)NCc1ccccc1)N(C1CCCCC1)C2=O. The summed E-state index contributed by atoms with van der Waals surface area (Å²) < 4.78 is 0. The molecular weight excluding hydrogens is 502 g/mol. The first kappa shape index (κ1) is 26.1. The van der Waals surface area contributed by atoms with E-state index >= 15 is 0 Å². The van der Waals surface area contributed by atoms with E-state index in [0.29, 0.717) is 11.3 Å². The van der Waals surface area contributed by atoms with E-state index in [1.54, 1.807) is 4.90 Å². The minimum absolute atomic E-state index is 0.174. The van der Waals surface area contributed by atoms with Crippen molar-refractivity contribution in [3.05, 3.63) is 102 Å². The van der Waals surface area contributed by atoms with E-state index in [-0.39, 0.29) is 25.0 Å². The third-order valence-corrected chi connectivity index (χ3v) is 8.75. The van der Waals surface area contributed by atoms with Crippen LogP contribution in [0.3, 0.4) is 0 Å². The van der Waals surface area contributed by atoms with Crippen LogP contribution in [0, 0.1) is 0 Å². The van der Waals surface area contributed by atoms with Gasteiger partial charge in [-0.15, -0.1) is 0 Å². The number of carbonyl (C=O) groups is 3. The highest BCUT2D eigenvalue weighted by atomic mass is 16.2. The Morgan fingerprint density at radius 1 is 0.825 bits per heavy atom. The van der Waals surface area contributed by atoms with Crippen LogP contribution in [0.1, 0.15) is 48.8 Å². The molecule has 40 heavy (non-hydrogen) atoms. The monoisotopic (exact) mass is 537 g/mol. The molecule has 5 N–H and O–H groups in total. The molecule has 3 aromatic carbocycles. The maximum atomic E-state index is 14.6. The number of anilines is 1. The van der Waals surface area contributed by atoms with Crippen molar-refractivity contribution in [3.8, 4) is 0 Å². The quantitative estimate of drug-likeness (QED) is 0.370. The molecule has 3 aromatic rings. The Balaban J connectivity index is 1.46. The van der Waals surface area contributed by atoms with Crippen LogP contribution in [0.5, 0.6) is 0 Å². The number of para-hydroxylation sites is 1.